The van der Waals surface area contributed by atoms with Gasteiger partial charge < -0.3 is 19.8 Å². The van der Waals surface area contributed by atoms with E-state index >= 15 is 0 Å². The summed E-state index contributed by atoms with van der Waals surface area (Å²) in [5, 5.41) is 6.48. The van der Waals surface area contributed by atoms with E-state index < -0.39 is 6.04 Å². The molecule has 7 nitrogen and oxygen atoms in total. The van der Waals surface area contributed by atoms with Crippen molar-refractivity contribution in [3.05, 3.63) is 84.0 Å². The van der Waals surface area contributed by atoms with Crippen LogP contribution in [0.5, 0.6) is 5.75 Å². The molecule has 0 unspecified atom stereocenters. The number of urea groups is 1. The maximum Gasteiger partial charge on any atom is 0.327 e. The number of nitrogens with zero attached hydrogens (tertiary/aromatic N) is 1. The van der Waals surface area contributed by atoms with Gasteiger partial charge in [0.25, 0.3) is 0 Å². The monoisotopic (exact) mass is 471 g/mol. The molecule has 2 N–H and O–H groups in total. The highest BCUT2D eigenvalue weighted by Crippen LogP contribution is 2.48. The summed E-state index contributed by atoms with van der Waals surface area (Å²) >= 11 is 0. The summed E-state index contributed by atoms with van der Waals surface area (Å²) in [6, 6.07) is 17.3. The Labute approximate surface area is 204 Å². The maximum absolute atomic E-state index is 13.9. The second-order valence-electron chi connectivity index (χ2n) is 9.65. The third-order valence-corrected chi connectivity index (χ3v) is 6.35. The molecule has 0 bridgehead atoms. The largest absolute Gasteiger partial charge is 0.494 e. The molecule has 7 heteroatoms. The highest BCUT2D eigenvalue weighted by molar-refractivity contribution is 6.09. The molecule has 2 amide bonds. The molecule has 0 saturated heterocycles. The number of hydrogen-bond acceptors (Lipinski definition) is 5. The molecule has 3 aromatic rings. The van der Waals surface area contributed by atoms with Gasteiger partial charge in [-0.05, 0) is 67.3 Å². The minimum absolute atomic E-state index is 0.0109. The van der Waals surface area contributed by atoms with Gasteiger partial charge in [0.15, 0.2) is 5.78 Å². The molecule has 1 aliphatic carbocycles. The number of Topliss-reactive ketones (excluding diaryl/α,β-unsaturated/α-hetero) is 1. The van der Waals surface area contributed by atoms with Gasteiger partial charge in [-0.1, -0.05) is 26.0 Å². The van der Waals surface area contributed by atoms with Gasteiger partial charge in [0.05, 0.1) is 24.2 Å². The van der Waals surface area contributed by atoms with E-state index in [1.165, 1.54) is 0 Å². The molecule has 0 saturated carbocycles. The van der Waals surface area contributed by atoms with E-state index in [0.717, 1.165) is 17.1 Å². The normalized spacial score (nSPS) is 18.8. The number of furan rings is 1. The summed E-state index contributed by atoms with van der Waals surface area (Å²) in [6.45, 7) is 6.67. The average Bonchev–Trinajstić information content (AvgIpc) is 3.29. The van der Waals surface area contributed by atoms with E-state index in [0.29, 0.717) is 42.2 Å². The molecule has 2 aromatic carbocycles. The summed E-state index contributed by atoms with van der Waals surface area (Å²) in [5.74, 6) is 1.27. The zero-order chi connectivity index (χ0) is 24.6. The first-order chi connectivity index (χ1) is 16.9. The number of anilines is 3. The first kappa shape index (κ1) is 22.8. The summed E-state index contributed by atoms with van der Waals surface area (Å²) < 4.78 is 11.3. The highest BCUT2D eigenvalue weighted by atomic mass is 16.5. The lowest BCUT2D eigenvalue weighted by atomic mass is 9.74. The van der Waals surface area contributed by atoms with E-state index in [1.54, 1.807) is 29.4 Å². The van der Waals surface area contributed by atoms with Crippen LogP contribution in [0.2, 0.25) is 0 Å². The summed E-state index contributed by atoms with van der Waals surface area (Å²) in [5.41, 5.74) is 3.26. The zero-order valence-corrected chi connectivity index (χ0v) is 20.1. The van der Waals surface area contributed by atoms with Crippen LogP contribution in [0.3, 0.4) is 0 Å². The summed E-state index contributed by atoms with van der Waals surface area (Å²) in [4.78, 5) is 29.1. The Morgan fingerprint density at radius 2 is 1.89 bits per heavy atom. The van der Waals surface area contributed by atoms with Crippen molar-refractivity contribution in [2.45, 2.75) is 39.7 Å². The van der Waals surface area contributed by atoms with E-state index in [1.807, 2.05) is 49.4 Å². The molecule has 1 aliphatic heterocycles. The standard InChI is InChI=1S/C28H29N3O4/c1-4-34-19-13-11-18(12-14-19)29-27(33)31-22-9-6-5-8-20(22)30-21-16-28(2,3)17-23(32)25(21)26(31)24-10-7-15-35-24/h5-15,26,30H,4,16-17H2,1-3H3,(H,29,33)/t26-/m0/s1. The lowest BCUT2D eigenvalue weighted by molar-refractivity contribution is -0.118. The molecule has 0 spiro atoms. The first-order valence-electron chi connectivity index (χ1n) is 11.8. The fourth-order valence-electron chi connectivity index (χ4n) is 4.91. The molecular weight excluding hydrogens is 442 g/mol. The lowest BCUT2D eigenvalue weighted by Gasteiger charge is -2.36. The van der Waals surface area contributed by atoms with E-state index in [-0.39, 0.29) is 17.2 Å². The molecule has 0 radical (unpaired) electrons. The van der Waals surface area contributed by atoms with Gasteiger partial charge in [-0.15, -0.1) is 0 Å². The van der Waals surface area contributed by atoms with Crippen molar-refractivity contribution < 1.29 is 18.7 Å². The molecule has 35 heavy (non-hydrogen) atoms. The Morgan fingerprint density at radius 1 is 1.11 bits per heavy atom. The van der Waals surface area contributed by atoms with Gasteiger partial charge in [0.2, 0.25) is 0 Å². The molecule has 2 heterocycles. The number of rotatable bonds is 4. The number of ether oxygens (including phenoxy) is 1. The number of carbonyl (C=O) groups is 2. The van der Waals surface area contributed by atoms with Crippen LogP contribution < -0.4 is 20.3 Å². The van der Waals surface area contributed by atoms with Crippen molar-refractivity contribution in [3.63, 3.8) is 0 Å². The Kier molecular flexibility index (Phi) is 5.84. The predicted molar refractivity (Wildman–Crippen MR) is 136 cm³/mol. The van der Waals surface area contributed by atoms with Gasteiger partial charge in [-0.2, -0.15) is 0 Å². The second-order valence-corrected chi connectivity index (χ2v) is 9.65. The van der Waals surface area contributed by atoms with Gasteiger partial charge in [-0.25, -0.2) is 4.79 Å². The topological polar surface area (TPSA) is 83.8 Å². The van der Waals surface area contributed by atoms with Gasteiger partial charge in [0, 0.05) is 23.4 Å². The van der Waals surface area contributed by atoms with Gasteiger partial charge >= 0.3 is 6.03 Å². The minimum atomic E-state index is -0.706. The SMILES string of the molecule is CCOc1ccc(NC(=O)N2c3ccccc3NC3=C(C(=O)CC(C)(C)C3)[C@@H]2c2ccco2)cc1. The van der Waals surface area contributed by atoms with Gasteiger partial charge in [0.1, 0.15) is 17.6 Å². The smallest absolute Gasteiger partial charge is 0.327 e. The van der Waals surface area contributed by atoms with Crippen LogP contribution in [0.1, 0.15) is 45.4 Å². The van der Waals surface area contributed by atoms with Crippen molar-refractivity contribution in [2.75, 3.05) is 22.1 Å². The Morgan fingerprint density at radius 3 is 2.60 bits per heavy atom. The summed E-state index contributed by atoms with van der Waals surface area (Å²) in [6.07, 6.45) is 2.66. The van der Waals surface area contributed by atoms with Crippen molar-refractivity contribution >= 4 is 28.9 Å². The number of nitrogens with one attached hydrogen (secondary N) is 2. The molecule has 180 valence electrons. The van der Waals surface area contributed by atoms with Crippen molar-refractivity contribution in [3.8, 4) is 5.75 Å². The number of benzene rings is 2. The molecule has 5 rings (SSSR count). The third kappa shape index (κ3) is 4.41. The van der Waals surface area contributed by atoms with E-state index in [9.17, 15) is 9.59 Å². The fourth-order valence-corrected chi connectivity index (χ4v) is 4.91. The highest BCUT2D eigenvalue weighted by Gasteiger charge is 2.44. The molecule has 1 atom stereocenters. The zero-order valence-electron chi connectivity index (χ0n) is 20.1. The average molecular weight is 472 g/mol. The van der Waals surface area contributed by atoms with Crippen LogP contribution in [-0.2, 0) is 4.79 Å². The second kappa shape index (κ2) is 8.98. The number of fused-ring (bicyclic) bond motifs is 1. The van der Waals surface area contributed by atoms with Crippen molar-refractivity contribution in [2.24, 2.45) is 5.41 Å². The quantitative estimate of drug-likeness (QED) is 0.452. The number of para-hydroxylation sites is 2. The predicted octanol–water partition coefficient (Wildman–Crippen LogP) is 6.53. The first-order valence-corrected chi connectivity index (χ1v) is 11.8. The molecule has 0 fully saturated rings. The number of allylic oxidation sites excluding steroid dienone is 1. The Bertz CT molecular complexity index is 1280. The van der Waals surface area contributed by atoms with Crippen LogP contribution in [0.25, 0.3) is 0 Å². The van der Waals surface area contributed by atoms with Crippen molar-refractivity contribution in [1.82, 2.24) is 0 Å². The van der Waals surface area contributed by atoms with Gasteiger partial charge in [-0.3, -0.25) is 9.69 Å². The van der Waals surface area contributed by atoms with Crippen LogP contribution >= 0.6 is 0 Å². The molecule has 1 aromatic heterocycles. The number of hydrogen-bond donors (Lipinski definition) is 2. The van der Waals surface area contributed by atoms with Crippen LogP contribution in [0, 0.1) is 5.41 Å². The minimum Gasteiger partial charge on any atom is -0.494 e. The van der Waals surface area contributed by atoms with Crippen LogP contribution in [0.15, 0.2) is 82.6 Å². The molecule has 2 aliphatic rings. The van der Waals surface area contributed by atoms with Crippen molar-refractivity contribution in [1.29, 1.82) is 0 Å². The number of carbonyl (C=O) groups excluding carboxylic acids is 2. The number of amides is 2. The van der Waals surface area contributed by atoms with E-state index in [4.69, 9.17) is 9.15 Å². The lowest BCUT2D eigenvalue weighted by Crippen LogP contribution is -2.41. The summed E-state index contributed by atoms with van der Waals surface area (Å²) in [7, 11) is 0. The Hall–Kier alpha value is -4.00. The Balaban J connectivity index is 1.62. The third-order valence-electron chi connectivity index (χ3n) is 6.35. The number of ketones is 1. The van der Waals surface area contributed by atoms with E-state index in [2.05, 4.69) is 24.5 Å². The van der Waals surface area contributed by atoms with Crippen LogP contribution in [0.4, 0.5) is 21.9 Å². The fraction of sp³-hybridized carbons (Fsp3) is 0.286. The maximum atomic E-state index is 13.9. The van der Waals surface area contributed by atoms with Crippen LogP contribution in [-0.4, -0.2) is 18.4 Å². The molecular formula is C28H29N3O4.